The van der Waals surface area contributed by atoms with Crippen LogP contribution >= 0.6 is 0 Å². The number of nitrogens with zero attached hydrogens (tertiary/aromatic N) is 4. The molecule has 23 heavy (non-hydrogen) atoms. The van der Waals surface area contributed by atoms with Crippen LogP contribution < -0.4 is 5.32 Å². The number of imidazole rings is 1. The number of carbonyl (C=O) groups is 1. The van der Waals surface area contributed by atoms with E-state index in [0.29, 0.717) is 6.54 Å². The summed E-state index contributed by atoms with van der Waals surface area (Å²) in [6.45, 7) is 6.82. The fraction of sp³-hybridized carbons (Fsp3) is 0.412. The van der Waals surface area contributed by atoms with Gasteiger partial charge in [0.15, 0.2) is 0 Å². The molecule has 0 atom stereocenters. The number of nitrogens with one attached hydrogen (secondary N) is 1. The quantitative estimate of drug-likeness (QED) is 0.903. The number of hydrogen-bond donors (Lipinski definition) is 1. The van der Waals surface area contributed by atoms with Gasteiger partial charge in [0.2, 0.25) is 0 Å². The maximum absolute atomic E-state index is 11.8. The molecule has 1 aromatic heterocycles. The molecule has 1 fully saturated rings. The van der Waals surface area contributed by atoms with Gasteiger partial charge in [-0.15, -0.1) is 0 Å². The summed E-state index contributed by atoms with van der Waals surface area (Å²) in [4.78, 5) is 20.5. The summed E-state index contributed by atoms with van der Waals surface area (Å²) in [5, 5.41) is 2.91. The van der Waals surface area contributed by atoms with E-state index < -0.39 is 0 Å². The summed E-state index contributed by atoms with van der Waals surface area (Å²) in [5.41, 5.74) is 1.37. The van der Waals surface area contributed by atoms with Gasteiger partial charge in [0.05, 0.1) is 0 Å². The van der Waals surface area contributed by atoms with Gasteiger partial charge >= 0.3 is 6.03 Å². The lowest BCUT2D eigenvalue weighted by atomic mass is 10.2. The van der Waals surface area contributed by atoms with Crippen molar-refractivity contribution in [3.63, 3.8) is 0 Å². The largest absolute Gasteiger partial charge is 0.336 e. The summed E-state index contributed by atoms with van der Waals surface area (Å²) >= 11 is 0. The number of amides is 1. The van der Waals surface area contributed by atoms with Gasteiger partial charge in [0, 0.05) is 58.2 Å². The molecule has 6 heteroatoms. The van der Waals surface area contributed by atoms with E-state index in [2.05, 4.69) is 50.4 Å². The molecule has 3 rings (SSSR count). The normalized spacial score (nSPS) is 16.3. The first-order valence-electron chi connectivity index (χ1n) is 8.06. The molecular formula is C17H23N5O. The Kier molecular flexibility index (Phi) is 5.39. The van der Waals surface area contributed by atoms with E-state index in [1.54, 1.807) is 12.4 Å². The highest BCUT2D eigenvalue weighted by atomic mass is 16.2. The van der Waals surface area contributed by atoms with Crippen molar-refractivity contribution in [2.24, 2.45) is 0 Å². The predicted octanol–water partition coefficient (Wildman–Crippen LogP) is 1.26. The van der Waals surface area contributed by atoms with Crippen LogP contribution in [0.2, 0.25) is 0 Å². The van der Waals surface area contributed by atoms with Gasteiger partial charge in [0.25, 0.3) is 0 Å². The molecule has 0 unspecified atom stereocenters. The lowest BCUT2D eigenvalue weighted by Gasteiger charge is -2.34. The first kappa shape index (κ1) is 15.7. The van der Waals surface area contributed by atoms with Crippen molar-refractivity contribution in [1.82, 2.24) is 24.7 Å². The van der Waals surface area contributed by atoms with Crippen LogP contribution in [-0.4, -0.2) is 64.7 Å². The van der Waals surface area contributed by atoms with Crippen molar-refractivity contribution in [3.05, 3.63) is 54.6 Å². The summed E-state index contributed by atoms with van der Waals surface area (Å²) in [5.74, 6) is 0. The average Bonchev–Trinajstić information content (AvgIpc) is 3.12. The number of aromatic nitrogens is 2. The fourth-order valence-corrected chi connectivity index (χ4v) is 2.80. The Balaban J connectivity index is 1.34. The third kappa shape index (κ3) is 4.64. The molecule has 0 bridgehead atoms. The smallest absolute Gasteiger partial charge is 0.326 e. The van der Waals surface area contributed by atoms with Crippen LogP contribution in [0.25, 0.3) is 0 Å². The zero-order valence-electron chi connectivity index (χ0n) is 13.3. The van der Waals surface area contributed by atoms with Crippen molar-refractivity contribution >= 4 is 6.03 Å². The zero-order chi connectivity index (χ0) is 15.9. The molecule has 0 aliphatic carbocycles. The predicted molar refractivity (Wildman–Crippen MR) is 89.2 cm³/mol. The first-order chi connectivity index (χ1) is 11.3. The first-order valence-corrected chi connectivity index (χ1v) is 8.06. The topological polar surface area (TPSA) is 53.4 Å². The van der Waals surface area contributed by atoms with E-state index in [1.807, 2.05) is 0 Å². The van der Waals surface area contributed by atoms with Crippen molar-refractivity contribution in [1.29, 1.82) is 0 Å². The highest BCUT2D eigenvalue weighted by molar-refractivity contribution is 5.76. The Bertz CT molecular complexity index is 591. The minimum atomic E-state index is -0.120. The Morgan fingerprint density at radius 2 is 1.83 bits per heavy atom. The molecule has 0 spiro atoms. The van der Waals surface area contributed by atoms with Gasteiger partial charge in [-0.1, -0.05) is 30.3 Å². The lowest BCUT2D eigenvalue weighted by Crippen LogP contribution is -2.48. The third-order valence-corrected chi connectivity index (χ3v) is 4.16. The number of benzene rings is 1. The third-order valence-electron chi connectivity index (χ3n) is 4.16. The van der Waals surface area contributed by atoms with Gasteiger partial charge in [-0.3, -0.25) is 14.4 Å². The number of carbonyl (C=O) groups excluding carboxylic acids is 1. The fourth-order valence-electron chi connectivity index (χ4n) is 2.80. The van der Waals surface area contributed by atoms with Crippen LogP contribution in [0.15, 0.2) is 49.1 Å². The molecule has 1 aliphatic heterocycles. The van der Waals surface area contributed by atoms with Crippen molar-refractivity contribution in [3.8, 4) is 0 Å². The standard InChI is InChI=1S/C17H23N5O/c23-17(22-9-6-18-15-22)19-7-8-20-10-12-21(13-11-20)14-16-4-2-1-3-5-16/h1-6,9,15H,7-8,10-14H2,(H,19,23). The van der Waals surface area contributed by atoms with E-state index in [9.17, 15) is 4.79 Å². The van der Waals surface area contributed by atoms with Crippen LogP contribution in [0.4, 0.5) is 4.79 Å². The molecule has 1 amide bonds. The Labute approximate surface area is 136 Å². The summed E-state index contributed by atoms with van der Waals surface area (Å²) in [7, 11) is 0. The van der Waals surface area contributed by atoms with Gasteiger partial charge in [-0.25, -0.2) is 9.78 Å². The van der Waals surface area contributed by atoms with Gasteiger partial charge < -0.3 is 5.32 Å². The van der Waals surface area contributed by atoms with Crippen LogP contribution in [0, 0.1) is 0 Å². The molecule has 6 nitrogen and oxygen atoms in total. The Morgan fingerprint density at radius 3 is 2.52 bits per heavy atom. The van der Waals surface area contributed by atoms with E-state index >= 15 is 0 Å². The van der Waals surface area contributed by atoms with E-state index in [0.717, 1.165) is 39.3 Å². The molecule has 122 valence electrons. The van der Waals surface area contributed by atoms with E-state index in [-0.39, 0.29) is 6.03 Å². The monoisotopic (exact) mass is 313 g/mol. The molecule has 2 aromatic rings. The number of hydrogen-bond acceptors (Lipinski definition) is 4. The second-order valence-corrected chi connectivity index (χ2v) is 5.81. The van der Waals surface area contributed by atoms with Crippen molar-refractivity contribution in [2.45, 2.75) is 6.54 Å². The second-order valence-electron chi connectivity index (χ2n) is 5.81. The summed E-state index contributed by atoms with van der Waals surface area (Å²) in [6.07, 6.45) is 4.76. The average molecular weight is 313 g/mol. The minimum Gasteiger partial charge on any atom is -0.336 e. The maximum Gasteiger partial charge on any atom is 0.326 e. The molecule has 0 radical (unpaired) electrons. The van der Waals surface area contributed by atoms with Crippen molar-refractivity contribution < 1.29 is 4.79 Å². The van der Waals surface area contributed by atoms with Gasteiger partial charge in [0.1, 0.15) is 6.33 Å². The van der Waals surface area contributed by atoms with Crippen LogP contribution in [-0.2, 0) is 6.54 Å². The second kappa shape index (κ2) is 7.89. The lowest BCUT2D eigenvalue weighted by molar-refractivity contribution is 0.128. The number of rotatable bonds is 5. The molecule has 0 saturated carbocycles. The summed E-state index contributed by atoms with van der Waals surface area (Å²) in [6, 6.07) is 10.5. The minimum absolute atomic E-state index is 0.120. The SMILES string of the molecule is O=C(NCCN1CCN(Cc2ccccc2)CC1)n1ccnc1. The molecule has 1 N–H and O–H groups in total. The molecule has 1 aliphatic rings. The Morgan fingerprint density at radius 1 is 1.09 bits per heavy atom. The van der Waals surface area contributed by atoms with E-state index in [4.69, 9.17) is 0 Å². The number of piperazine rings is 1. The highest BCUT2D eigenvalue weighted by Crippen LogP contribution is 2.07. The summed E-state index contributed by atoms with van der Waals surface area (Å²) < 4.78 is 1.46. The van der Waals surface area contributed by atoms with Crippen LogP contribution in [0.5, 0.6) is 0 Å². The Hall–Kier alpha value is -2.18. The van der Waals surface area contributed by atoms with Crippen LogP contribution in [0.1, 0.15) is 5.56 Å². The maximum atomic E-state index is 11.8. The molecule has 1 aromatic carbocycles. The molecule has 2 heterocycles. The molecule has 1 saturated heterocycles. The van der Waals surface area contributed by atoms with E-state index in [1.165, 1.54) is 16.5 Å². The molecular weight excluding hydrogens is 290 g/mol. The van der Waals surface area contributed by atoms with Crippen molar-refractivity contribution in [2.75, 3.05) is 39.3 Å². The van der Waals surface area contributed by atoms with Gasteiger partial charge in [-0.2, -0.15) is 0 Å². The zero-order valence-corrected chi connectivity index (χ0v) is 13.3. The highest BCUT2D eigenvalue weighted by Gasteiger charge is 2.16. The van der Waals surface area contributed by atoms with Crippen LogP contribution in [0.3, 0.4) is 0 Å². The van der Waals surface area contributed by atoms with Gasteiger partial charge in [-0.05, 0) is 5.56 Å².